The number of aliphatic carboxylic acids is 1. The molecule has 120 valence electrons. The molecule has 2 aliphatic rings. The minimum Gasteiger partial charge on any atom is -0.480 e. The first-order chi connectivity index (χ1) is 9.99. The van der Waals surface area contributed by atoms with Crippen LogP contribution in [-0.2, 0) is 4.79 Å². The molecule has 0 aromatic rings. The van der Waals surface area contributed by atoms with Crippen LogP contribution in [-0.4, -0.2) is 52.1 Å². The Bertz CT molecular complexity index is 396. The van der Waals surface area contributed by atoms with Crippen molar-refractivity contribution in [2.75, 3.05) is 19.3 Å². The maximum absolute atomic E-state index is 12.3. The molecule has 2 amide bonds. The first-order valence-electron chi connectivity index (χ1n) is 7.81. The monoisotopic (exact) mass is 314 g/mol. The van der Waals surface area contributed by atoms with Crippen molar-refractivity contribution in [3.63, 3.8) is 0 Å². The summed E-state index contributed by atoms with van der Waals surface area (Å²) in [7, 11) is 0. The average Bonchev–Trinajstić information content (AvgIpc) is 2.88. The van der Waals surface area contributed by atoms with Gasteiger partial charge in [-0.1, -0.05) is 26.2 Å². The Kier molecular flexibility index (Phi) is 5.41. The number of hydrogen-bond acceptors (Lipinski definition) is 3. The summed E-state index contributed by atoms with van der Waals surface area (Å²) in [5.41, 5.74) is 0. The largest absolute Gasteiger partial charge is 0.480 e. The minimum absolute atomic E-state index is 0.0254. The summed E-state index contributed by atoms with van der Waals surface area (Å²) in [6.07, 6.45) is 8.85. The highest BCUT2D eigenvalue weighted by Crippen LogP contribution is 2.38. The lowest BCUT2D eigenvalue weighted by atomic mass is 9.88. The number of rotatable bonds is 4. The molecule has 21 heavy (non-hydrogen) atoms. The van der Waals surface area contributed by atoms with Crippen molar-refractivity contribution >= 4 is 23.8 Å². The summed E-state index contributed by atoms with van der Waals surface area (Å²) < 4.78 is 0.137. The number of carboxylic acids is 1. The van der Waals surface area contributed by atoms with Gasteiger partial charge >= 0.3 is 12.0 Å². The van der Waals surface area contributed by atoms with E-state index in [1.54, 1.807) is 0 Å². The summed E-state index contributed by atoms with van der Waals surface area (Å²) in [4.78, 5) is 25.2. The van der Waals surface area contributed by atoms with Crippen LogP contribution in [0, 0.1) is 5.92 Å². The summed E-state index contributed by atoms with van der Waals surface area (Å²) >= 11 is 1.84. The summed E-state index contributed by atoms with van der Waals surface area (Å²) in [5.74, 6) is -0.871. The van der Waals surface area contributed by atoms with E-state index < -0.39 is 12.0 Å². The lowest BCUT2D eigenvalue weighted by molar-refractivity contribution is -0.142. The average molecular weight is 314 g/mol. The molecule has 5 nitrogen and oxygen atoms in total. The number of carbonyl (C=O) groups excluding carboxylic acids is 1. The maximum atomic E-state index is 12.3. The second kappa shape index (κ2) is 6.90. The van der Waals surface area contributed by atoms with E-state index in [0.29, 0.717) is 13.1 Å². The van der Waals surface area contributed by atoms with Crippen molar-refractivity contribution in [1.82, 2.24) is 10.2 Å². The van der Waals surface area contributed by atoms with Crippen LogP contribution in [0.3, 0.4) is 0 Å². The Morgan fingerprint density at radius 2 is 2.00 bits per heavy atom. The molecule has 0 aromatic carbocycles. The predicted molar refractivity (Wildman–Crippen MR) is 84.6 cm³/mol. The fraction of sp³-hybridized carbons (Fsp3) is 0.867. The SMILES string of the molecule is CSC1(CNC(=O)N2CCC(C)C2C(=O)O)CCCCC1. The van der Waals surface area contributed by atoms with Gasteiger partial charge in [-0.05, 0) is 31.4 Å². The Balaban J connectivity index is 1.93. The van der Waals surface area contributed by atoms with Gasteiger partial charge in [0, 0.05) is 17.8 Å². The van der Waals surface area contributed by atoms with E-state index in [-0.39, 0.29) is 16.7 Å². The number of likely N-dealkylation sites (tertiary alicyclic amines) is 1. The van der Waals surface area contributed by atoms with E-state index in [0.717, 1.165) is 19.3 Å². The molecule has 2 rings (SSSR count). The highest BCUT2D eigenvalue weighted by Gasteiger charge is 2.40. The van der Waals surface area contributed by atoms with Crippen molar-refractivity contribution in [3.05, 3.63) is 0 Å². The second-order valence-electron chi connectivity index (χ2n) is 6.35. The van der Waals surface area contributed by atoms with E-state index in [1.165, 1.54) is 24.2 Å². The molecule has 2 fully saturated rings. The number of thioether (sulfide) groups is 1. The van der Waals surface area contributed by atoms with Gasteiger partial charge in [0.05, 0.1) is 0 Å². The fourth-order valence-electron chi connectivity index (χ4n) is 3.54. The molecule has 1 saturated heterocycles. The molecule has 2 N–H and O–H groups in total. The predicted octanol–water partition coefficient (Wildman–Crippen LogP) is 2.56. The Labute approximate surface area is 130 Å². The third kappa shape index (κ3) is 3.65. The van der Waals surface area contributed by atoms with Gasteiger partial charge in [-0.2, -0.15) is 11.8 Å². The third-order valence-corrected chi connectivity index (χ3v) is 6.39. The van der Waals surface area contributed by atoms with Gasteiger partial charge in [0.1, 0.15) is 6.04 Å². The molecule has 0 aromatic heterocycles. The Hall–Kier alpha value is -0.910. The molecule has 0 spiro atoms. The molecule has 1 saturated carbocycles. The molecular weight excluding hydrogens is 288 g/mol. The number of nitrogens with zero attached hydrogens (tertiary/aromatic N) is 1. The van der Waals surface area contributed by atoms with E-state index in [4.69, 9.17) is 0 Å². The van der Waals surface area contributed by atoms with Crippen LogP contribution in [0.1, 0.15) is 45.4 Å². The first-order valence-corrected chi connectivity index (χ1v) is 9.04. The Morgan fingerprint density at radius 1 is 1.33 bits per heavy atom. The number of urea groups is 1. The first kappa shape index (κ1) is 16.5. The zero-order valence-corrected chi connectivity index (χ0v) is 13.7. The molecule has 0 radical (unpaired) electrons. The van der Waals surface area contributed by atoms with Crippen LogP contribution in [0.25, 0.3) is 0 Å². The standard InChI is InChI=1S/C15H26N2O3S/c1-11-6-9-17(12(11)13(18)19)14(20)16-10-15(21-2)7-4-3-5-8-15/h11-12H,3-10H2,1-2H3,(H,16,20)(H,18,19). The van der Waals surface area contributed by atoms with Crippen LogP contribution >= 0.6 is 11.8 Å². The molecule has 2 unspecified atom stereocenters. The van der Waals surface area contributed by atoms with Crippen molar-refractivity contribution < 1.29 is 14.7 Å². The molecule has 1 aliphatic heterocycles. The lowest BCUT2D eigenvalue weighted by Crippen LogP contribution is -2.51. The zero-order chi connectivity index (χ0) is 15.5. The van der Waals surface area contributed by atoms with Gasteiger partial charge in [0.15, 0.2) is 0 Å². The van der Waals surface area contributed by atoms with Crippen molar-refractivity contribution in [3.8, 4) is 0 Å². The van der Waals surface area contributed by atoms with E-state index >= 15 is 0 Å². The number of carboxylic acid groups (broad SMARTS) is 1. The zero-order valence-electron chi connectivity index (χ0n) is 12.9. The molecule has 2 atom stereocenters. The summed E-state index contributed by atoms with van der Waals surface area (Å²) in [6.45, 7) is 3.08. The van der Waals surface area contributed by atoms with E-state index in [9.17, 15) is 14.7 Å². The van der Waals surface area contributed by atoms with Crippen LogP contribution in [0.2, 0.25) is 0 Å². The third-order valence-electron chi connectivity index (χ3n) is 4.97. The van der Waals surface area contributed by atoms with Gasteiger partial charge < -0.3 is 15.3 Å². The number of nitrogens with one attached hydrogen (secondary N) is 1. The van der Waals surface area contributed by atoms with Gasteiger partial charge in [-0.25, -0.2) is 9.59 Å². The molecule has 0 bridgehead atoms. The van der Waals surface area contributed by atoms with Gasteiger partial charge in [-0.3, -0.25) is 0 Å². The van der Waals surface area contributed by atoms with Crippen molar-refractivity contribution in [2.24, 2.45) is 5.92 Å². The highest BCUT2D eigenvalue weighted by molar-refractivity contribution is 8.00. The van der Waals surface area contributed by atoms with Crippen molar-refractivity contribution in [1.29, 1.82) is 0 Å². The second-order valence-corrected chi connectivity index (χ2v) is 7.62. The smallest absolute Gasteiger partial charge is 0.326 e. The van der Waals surface area contributed by atoms with Crippen LogP contribution < -0.4 is 5.32 Å². The maximum Gasteiger partial charge on any atom is 0.326 e. The van der Waals surface area contributed by atoms with E-state index in [1.807, 2.05) is 18.7 Å². The number of carbonyl (C=O) groups is 2. The topological polar surface area (TPSA) is 69.6 Å². The highest BCUT2D eigenvalue weighted by atomic mass is 32.2. The van der Waals surface area contributed by atoms with Crippen molar-refractivity contribution in [2.45, 2.75) is 56.2 Å². The Morgan fingerprint density at radius 3 is 2.57 bits per heavy atom. The summed E-state index contributed by atoms with van der Waals surface area (Å²) in [6, 6.07) is -0.896. The van der Waals surface area contributed by atoms with Gasteiger partial charge in [0.25, 0.3) is 0 Å². The molecule has 1 aliphatic carbocycles. The molecule has 1 heterocycles. The number of amides is 2. The molecule has 6 heteroatoms. The molecular formula is C15H26N2O3S. The van der Waals surface area contributed by atoms with Crippen LogP contribution in [0.15, 0.2) is 0 Å². The fourth-order valence-corrected chi connectivity index (χ4v) is 4.45. The lowest BCUT2D eigenvalue weighted by Gasteiger charge is -2.36. The van der Waals surface area contributed by atoms with E-state index in [2.05, 4.69) is 11.6 Å². The number of hydrogen-bond donors (Lipinski definition) is 2. The normalized spacial score (nSPS) is 28.4. The van der Waals surface area contributed by atoms with Crippen LogP contribution in [0.5, 0.6) is 0 Å². The minimum atomic E-state index is -0.896. The van der Waals surface area contributed by atoms with Gasteiger partial charge in [-0.15, -0.1) is 0 Å². The quantitative estimate of drug-likeness (QED) is 0.837. The van der Waals surface area contributed by atoms with Gasteiger partial charge in [0.2, 0.25) is 0 Å². The van der Waals surface area contributed by atoms with Crippen LogP contribution in [0.4, 0.5) is 4.79 Å². The summed E-state index contributed by atoms with van der Waals surface area (Å²) in [5, 5.41) is 12.3.